The van der Waals surface area contributed by atoms with Gasteiger partial charge in [0, 0.05) is 13.5 Å². The molecule has 0 aliphatic heterocycles. The Labute approximate surface area is 103 Å². The number of amides is 1. The molecule has 0 aliphatic rings. The lowest BCUT2D eigenvalue weighted by atomic mass is 10.1. The van der Waals surface area contributed by atoms with Crippen molar-refractivity contribution in [3.8, 4) is 0 Å². The fraction of sp³-hybridized carbons (Fsp3) is 0.750. The van der Waals surface area contributed by atoms with E-state index in [1.807, 2.05) is 6.92 Å². The largest absolute Gasteiger partial charge is 0.338 e. The van der Waals surface area contributed by atoms with Crippen LogP contribution in [0.25, 0.3) is 0 Å². The van der Waals surface area contributed by atoms with Gasteiger partial charge >= 0.3 is 0 Å². The third-order valence-corrected chi connectivity index (χ3v) is 2.69. The van der Waals surface area contributed by atoms with Crippen LogP contribution in [0.4, 0.5) is 0 Å². The summed E-state index contributed by atoms with van der Waals surface area (Å²) in [7, 11) is 1.80. The van der Waals surface area contributed by atoms with Gasteiger partial charge in [-0.15, -0.1) is 0 Å². The average Bonchev–Trinajstić information content (AvgIpc) is 2.70. The topological polar surface area (TPSA) is 61.9 Å². The maximum absolute atomic E-state index is 11.8. The highest BCUT2D eigenvalue weighted by Gasteiger charge is 2.11. The lowest BCUT2D eigenvalue weighted by Gasteiger charge is -2.14. The third-order valence-electron chi connectivity index (χ3n) is 2.69. The van der Waals surface area contributed by atoms with Crippen molar-refractivity contribution >= 4 is 5.91 Å². The van der Waals surface area contributed by atoms with Gasteiger partial charge in [-0.3, -0.25) is 9.89 Å². The minimum atomic E-state index is 0.170. The second-order valence-corrected chi connectivity index (χ2v) is 4.40. The number of H-pyrrole nitrogens is 1. The molecular weight excluding hydrogens is 216 g/mol. The van der Waals surface area contributed by atoms with Crippen LogP contribution in [0.3, 0.4) is 0 Å². The van der Waals surface area contributed by atoms with E-state index in [4.69, 9.17) is 0 Å². The van der Waals surface area contributed by atoms with E-state index in [9.17, 15) is 4.79 Å². The van der Waals surface area contributed by atoms with E-state index < -0.39 is 0 Å². The summed E-state index contributed by atoms with van der Waals surface area (Å²) in [5.41, 5.74) is 0. The quantitative estimate of drug-likeness (QED) is 0.739. The van der Waals surface area contributed by atoms with Crippen LogP contribution in [0.2, 0.25) is 0 Å². The molecule has 0 radical (unpaired) electrons. The van der Waals surface area contributed by atoms with Crippen molar-refractivity contribution < 1.29 is 4.79 Å². The molecule has 0 fully saturated rings. The van der Waals surface area contributed by atoms with E-state index in [1.54, 1.807) is 11.9 Å². The van der Waals surface area contributed by atoms with Crippen molar-refractivity contribution in [1.29, 1.82) is 0 Å². The van der Waals surface area contributed by atoms with Crippen LogP contribution < -0.4 is 0 Å². The fourth-order valence-corrected chi connectivity index (χ4v) is 1.65. The first kappa shape index (κ1) is 13.7. The van der Waals surface area contributed by atoms with Crippen LogP contribution in [0.15, 0.2) is 0 Å². The van der Waals surface area contributed by atoms with Gasteiger partial charge in [-0.05, 0) is 13.3 Å². The molecule has 1 N–H and O–H groups in total. The molecule has 5 heteroatoms. The van der Waals surface area contributed by atoms with E-state index in [2.05, 4.69) is 22.1 Å². The maximum Gasteiger partial charge on any atom is 0.222 e. The van der Waals surface area contributed by atoms with Gasteiger partial charge < -0.3 is 4.90 Å². The molecule has 0 bridgehead atoms. The Morgan fingerprint density at radius 2 is 2.12 bits per heavy atom. The summed E-state index contributed by atoms with van der Waals surface area (Å²) in [6.45, 7) is 4.50. The molecule has 1 aromatic heterocycles. The number of nitrogens with one attached hydrogen (secondary N) is 1. The van der Waals surface area contributed by atoms with Crippen molar-refractivity contribution in [3.05, 3.63) is 11.6 Å². The Morgan fingerprint density at radius 3 is 2.71 bits per heavy atom. The van der Waals surface area contributed by atoms with Crippen LogP contribution in [-0.4, -0.2) is 33.0 Å². The van der Waals surface area contributed by atoms with Crippen LogP contribution in [0, 0.1) is 6.92 Å². The molecule has 1 rings (SSSR count). The zero-order chi connectivity index (χ0) is 12.7. The molecule has 0 atom stereocenters. The zero-order valence-corrected chi connectivity index (χ0v) is 11.0. The van der Waals surface area contributed by atoms with Crippen LogP contribution in [0.1, 0.15) is 50.7 Å². The standard InChI is InChI=1S/C12H22N4O/c1-4-5-6-7-8-12(17)16(3)9-11-13-10(2)14-15-11/h4-9H2,1-3H3,(H,13,14,15). The smallest absolute Gasteiger partial charge is 0.222 e. The van der Waals surface area contributed by atoms with Gasteiger partial charge in [0.25, 0.3) is 0 Å². The van der Waals surface area contributed by atoms with Gasteiger partial charge in [0.05, 0.1) is 6.54 Å². The van der Waals surface area contributed by atoms with E-state index in [0.717, 1.165) is 18.7 Å². The first-order valence-electron chi connectivity index (χ1n) is 6.25. The second kappa shape index (κ2) is 7.04. The fourth-order valence-electron chi connectivity index (χ4n) is 1.65. The second-order valence-electron chi connectivity index (χ2n) is 4.40. The number of hydrogen-bond acceptors (Lipinski definition) is 3. The van der Waals surface area contributed by atoms with Crippen molar-refractivity contribution in [1.82, 2.24) is 20.1 Å². The lowest BCUT2D eigenvalue weighted by molar-refractivity contribution is -0.130. The first-order valence-corrected chi connectivity index (χ1v) is 6.25. The van der Waals surface area contributed by atoms with Gasteiger partial charge in [-0.1, -0.05) is 26.2 Å². The highest BCUT2D eigenvalue weighted by atomic mass is 16.2. The van der Waals surface area contributed by atoms with E-state index in [1.165, 1.54) is 12.8 Å². The van der Waals surface area contributed by atoms with Gasteiger partial charge in [-0.25, -0.2) is 4.98 Å². The minimum Gasteiger partial charge on any atom is -0.338 e. The summed E-state index contributed by atoms with van der Waals surface area (Å²) < 4.78 is 0. The number of aromatic nitrogens is 3. The first-order chi connectivity index (χ1) is 8.13. The lowest BCUT2D eigenvalue weighted by Crippen LogP contribution is -2.26. The van der Waals surface area contributed by atoms with Crippen molar-refractivity contribution in [2.24, 2.45) is 0 Å². The van der Waals surface area contributed by atoms with E-state index in [-0.39, 0.29) is 5.91 Å². The van der Waals surface area contributed by atoms with Gasteiger partial charge in [0.2, 0.25) is 5.91 Å². The summed E-state index contributed by atoms with van der Waals surface area (Å²) in [6, 6.07) is 0. The Balaban J connectivity index is 2.27. The summed E-state index contributed by atoms with van der Waals surface area (Å²) in [5.74, 6) is 1.62. The molecule has 0 saturated carbocycles. The summed E-state index contributed by atoms with van der Waals surface area (Å²) >= 11 is 0. The predicted molar refractivity (Wildman–Crippen MR) is 66.4 cm³/mol. The minimum absolute atomic E-state index is 0.170. The molecule has 96 valence electrons. The SMILES string of the molecule is CCCCCCC(=O)N(C)Cc1n[nH]c(C)n1. The molecule has 1 heterocycles. The molecule has 17 heavy (non-hydrogen) atoms. The molecule has 0 saturated heterocycles. The highest BCUT2D eigenvalue weighted by molar-refractivity contribution is 5.75. The number of aryl methyl sites for hydroxylation is 1. The summed E-state index contributed by atoms with van der Waals surface area (Å²) in [4.78, 5) is 17.6. The van der Waals surface area contributed by atoms with Gasteiger partial charge in [-0.2, -0.15) is 5.10 Å². The van der Waals surface area contributed by atoms with Crippen LogP contribution in [0.5, 0.6) is 0 Å². The van der Waals surface area contributed by atoms with Crippen molar-refractivity contribution in [2.75, 3.05) is 7.05 Å². The Bertz CT molecular complexity index is 348. The van der Waals surface area contributed by atoms with E-state index in [0.29, 0.717) is 18.8 Å². The van der Waals surface area contributed by atoms with Gasteiger partial charge in [0.1, 0.15) is 5.82 Å². The predicted octanol–water partition coefficient (Wildman–Crippen LogP) is 2.04. The molecule has 1 aromatic rings. The molecule has 0 unspecified atom stereocenters. The number of aromatic amines is 1. The normalized spacial score (nSPS) is 10.5. The number of rotatable bonds is 7. The molecule has 1 amide bonds. The van der Waals surface area contributed by atoms with Crippen LogP contribution in [-0.2, 0) is 11.3 Å². The molecule has 0 aromatic carbocycles. The number of unbranched alkanes of at least 4 members (excludes halogenated alkanes) is 3. The number of hydrogen-bond donors (Lipinski definition) is 1. The van der Waals surface area contributed by atoms with Gasteiger partial charge in [0.15, 0.2) is 5.82 Å². The Morgan fingerprint density at radius 1 is 1.35 bits per heavy atom. The molecule has 5 nitrogen and oxygen atoms in total. The van der Waals surface area contributed by atoms with E-state index >= 15 is 0 Å². The zero-order valence-electron chi connectivity index (χ0n) is 11.0. The Kier molecular flexibility index (Phi) is 5.66. The van der Waals surface area contributed by atoms with Crippen molar-refractivity contribution in [3.63, 3.8) is 0 Å². The Hall–Kier alpha value is -1.39. The van der Waals surface area contributed by atoms with Crippen molar-refractivity contribution in [2.45, 2.75) is 52.5 Å². The molecular formula is C12H22N4O. The summed E-state index contributed by atoms with van der Waals surface area (Å²) in [5, 5.41) is 6.79. The number of carbonyl (C=O) groups is 1. The highest BCUT2D eigenvalue weighted by Crippen LogP contribution is 2.06. The average molecular weight is 238 g/mol. The number of nitrogens with zero attached hydrogens (tertiary/aromatic N) is 3. The third kappa shape index (κ3) is 4.97. The monoisotopic (exact) mass is 238 g/mol. The van der Waals surface area contributed by atoms with Crippen LogP contribution >= 0.6 is 0 Å². The molecule has 0 spiro atoms. The number of carbonyl (C=O) groups excluding carboxylic acids is 1. The summed E-state index contributed by atoms with van der Waals surface area (Å²) in [6.07, 6.45) is 5.14. The molecule has 0 aliphatic carbocycles. The maximum atomic E-state index is 11.8.